The third-order valence-corrected chi connectivity index (χ3v) is 3.63. The van der Waals surface area contributed by atoms with Crippen LogP contribution in [0.25, 0.3) is 10.2 Å². The lowest BCUT2D eigenvalue weighted by atomic mass is 10.3. The average molecular weight is 265 g/mol. The molecule has 18 heavy (non-hydrogen) atoms. The van der Waals surface area contributed by atoms with E-state index in [0.29, 0.717) is 6.61 Å². The minimum absolute atomic E-state index is 0.191. The summed E-state index contributed by atoms with van der Waals surface area (Å²) in [5.74, 6) is 0.520. The molecule has 0 atom stereocenters. The fourth-order valence-corrected chi connectivity index (χ4v) is 2.75. The summed E-state index contributed by atoms with van der Waals surface area (Å²) in [6.07, 6.45) is 1.53. The predicted octanol–water partition coefficient (Wildman–Crippen LogP) is 2.00. The maximum Gasteiger partial charge on any atom is 0.325 e. The number of thiophene rings is 1. The summed E-state index contributed by atoms with van der Waals surface area (Å²) in [7, 11) is 1.83. The summed E-state index contributed by atoms with van der Waals surface area (Å²) in [5.41, 5.74) is 2.07. The van der Waals surface area contributed by atoms with Crippen molar-refractivity contribution in [3.63, 3.8) is 0 Å². The molecule has 0 fully saturated rings. The van der Waals surface area contributed by atoms with E-state index in [1.165, 1.54) is 6.33 Å². The van der Waals surface area contributed by atoms with Crippen molar-refractivity contribution in [3.8, 4) is 0 Å². The number of anilines is 1. The topological polar surface area (TPSA) is 55.3 Å². The van der Waals surface area contributed by atoms with Crippen molar-refractivity contribution in [2.24, 2.45) is 0 Å². The summed E-state index contributed by atoms with van der Waals surface area (Å²) in [6, 6.07) is 0. The van der Waals surface area contributed by atoms with Crippen LogP contribution in [0.1, 0.15) is 12.5 Å². The number of esters is 1. The molecular formula is C12H15N3O2S. The molecule has 0 N–H and O–H groups in total. The Morgan fingerprint density at radius 1 is 1.50 bits per heavy atom. The average Bonchev–Trinajstić information content (AvgIpc) is 2.71. The Balaban J connectivity index is 2.27. The lowest BCUT2D eigenvalue weighted by molar-refractivity contribution is -0.141. The minimum atomic E-state index is -0.250. The third kappa shape index (κ3) is 2.43. The molecule has 0 aromatic carbocycles. The first-order valence-corrected chi connectivity index (χ1v) is 6.57. The monoisotopic (exact) mass is 265 g/mol. The fourth-order valence-electron chi connectivity index (χ4n) is 1.70. The Bertz CT molecular complexity index is 567. The normalized spacial score (nSPS) is 10.6. The Morgan fingerprint density at radius 2 is 2.28 bits per heavy atom. The van der Waals surface area contributed by atoms with Crippen molar-refractivity contribution in [1.29, 1.82) is 0 Å². The van der Waals surface area contributed by atoms with Gasteiger partial charge in [0.25, 0.3) is 0 Å². The van der Waals surface area contributed by atoms with E-state index < -0.39 is 0 Å². The van der Waals surface area contributed by atoms with Crippen molar-refractivity contribution in [2.45, 2.75) is 13.8 Å². The van der Waals surface area contributed by atoms with Crippen LogP contribution in [-0.2, 0) is 9.53 Å². The van der Waals surface area contributed by atoms with Crippen LogP contribution >= 0.6 is 11.3 Å². The van der Waals surface area contributed by atoms with Crippen LogP contribution in [0.3, 0.4) is 0 Å². The molecule has 0 aliphatic heterocycles. The van der Waals surface area contributed by atoms with Crippen LogP contribution in [-0.4, -0.2) is 36.1 Å². The molecule has 6 heteroatoms. The summed E-state index contributed by atoms with van der Waals surface area (Å²) < 4.78 is 5.93. The van der Waals surface area contributed by atoms with Crippen LogP contribution < -0.4 is 4.90 Å². The molecule has 0 unspecified atom stereocenters. The van der Waals surface area contributed by atoms with E-state index in [2.05, 4.69) is 9.97 Å². The summed E-state index contributed by atoms with van der Waals surface area (Å²) in [5, 5.41) is 2.04. The smallest absolute Gasteiger partial charge is 0.325 e. The molecule has 0 bridgehead atoms. The number of aryl methyl sites for hydroxylation is 1. The number of likely N-dealkylation sites (N-methyl/N-ethyl adjacent to an activating group) is 1. The highest BCUT2D eigenvalue weighted by molar-refractivity contribution is 7.18. The van der Waals surface area contributed by atoms with E-state index in [-0.39, 0.29) is 12.5 Å². The van der Waals surface area contributed by atoms with Crippen LogP contribution in [0, 0.1) is 6.92 Å². The Kier molecular flexibility index (Phi) is 3.76. The van der Waals surface area contributed by atoms with E-state index in [1.807, 2.05) is 19.4 Å². The quantitative estimate of drug-likeness (QED) is 0.791. The van der Waals surface area contributed by atoms with Gasteiger partial charge in [-0.05, 0) is 24.8 Å². The number of hydrogen-bond acceptors (Lipinski definition) is 6. The molecule has 5 nitrogen and oxygen atoms in total. The van der Waals surface area contributed by atoms with E-state index in [1.54, 1.807) is 23.2 Å². The van der Waals surface area contributed by atoms with Gasteiger partial charge < -0.3 is 9.64 Å². The highest BCUT2D eigenvalue weighted by Gasteiger charge is 2.14. The van der Waals surface area contributed by atoms with Crippen molar-refractivity contribution in [1.82, 2.24) is 9.97 Å². The number of fused-ring (bicyclic) bond motifs is 1. The van der Waals surface area contributed by atoms with Crippen LogP contribution in [0.5, 0.6) is 0 Å². The number of ether oxygens (including phenoxy) is 1. The van der Waals surface area contributed by atoms with Gasteiger partial charge in [-0.15, -0.1) is 11.3 Å². The van der Waals surface area contributed by atoms with E-state index >= 15 is 0 Å². The number of carbonyl (C=O) groups is 1. The van der Waals surface area contributed by atoms with Crippen LogP contribution in [0.15, 0.2) is 11.7 Å². The van der Waals surface area contributed by atoms with Crippen LogP contribution in [0.4, 0.5) is 5.82 Å². The van der Waals surface area contributed by atoms with Gasteiger partial charge in [0.15, 0.2) is 0 Å². The highest BCUT2D eigenvalue weighted by Crippen LogP contribution is 2.30. The number of carbonyl (C=O) groups excluding carboxylic acids is 1. The molecule has 0 aliphatic rings. The van der Waals surface area contributed by atoms with Crippen LogP contribution in [0.2, 0.25) is 0 Å². The molecule has 0 spiro atoms. The molecule has 0 saturated carbocycles. The van der Waals surface area contributed by atoms with Gasteiger partial charge in [0.2, 0.25) is 0 Å². The number of aromatic nitrogens is 2. The fraction of sp³-hybridized carbons (Fsp3) is 0.417. The highest BCUT2D eigenvalue weighted by atomic mass is 32.1. The maximum atomic E-state index is 11.5. The second-order valence-corrected chi connectivity index (χ2v) is 4.83. The van der Waals surface area contributed by atoms with Gasteiger partial charge in [-0.3, -0.25) is 4.79 Å². The molecular weight excluding hydrogens is 250 g/mol. The molecule has 0 radical (unpaired) electrons. The largest absolute Gasteiger partial charge is 0.465 e. The molecule has 0 amide bonds. The molecule has 2 rings (SSSR count). The SMILES string of the molecule is CCOC(=O)CN(C)c1ncnc2c(C)csc12. The minimum Gasteiger partial charge on any atom is -0.465 e. The molecule has 2 aromatic rings. The van der Waals surface area contributed by atoms with Gasteiger partial charge in [0.05, 0.1) is 16.8 Å². The molecule has 2 aromatic heterocycles. The lowest BCUT2D eigenvalue weighted by Crippen LogP contribution is -2.27. The molecule has 0 saturated heterocycles. The molecule has 96 valence electrons. The standard InChI is InChI=1S/C12H15N3O2S/c1-4-17-9(16)5-15(3)12-11-10(13-7-14-12)8(2)6-18-11/h6-7H,4-5H2,1-3H3. The zero-order chi connectivity index (χ0) is 13.1. The van der Waals surface area contributed by atoms with Crippen molar-refractivity contribution in [2.75, 3.05) is 25.1 Å². The number of nitrogens with zero attached hydrogens (tertiary/aromatic N) is 3. The number of hydrogen-bond donors (Lipinski definition) is 0. The van der Waals surface area contributed by atoms with E-state index in [9.17, 15) is 4.79 Å². The number of rotatable bonds is 4. The zero-order valence-corrected chi connectivity index (χ0v) is 11.5. The van der Waals surface area contributed by atoms with Gasteiger partial charge >= 0.3 is 5.97 Å². The Hall–Kier alpha value is -1.69. The zero-order valence-electron chi connectivity index (χ0n) is 10.6. The maximum absolute atomic E-state index is 11.5. The third-order valence-electron chi connectivity index (χ3n) is 2.55. The first-order valence-electron chi connectivity index (χ1n) is 5.69. The van der Waals surface area contributed by atoms with Gasteiger partial charge in [-0.1, -0.05) is 0 Å². The second-order valence-electron chi connectivity index (χ2n) is 3.95. The lowest BCUT2D eigenvalue weighted by Gasteiger charge is -2.17. The summed E-state index contributed by atoms with van der Waals surface area (Å²) >= 11 is 1.59. The summed E-state index contributed by atoms with van der Waals surface area (Å²) in [4.78, 5) is 21.8. The Labute approximate surface area is 109 Å². The molecule has 2 heterocycles. The van der Waals surface area contributed by atoms with Crippen molar-refractivity contribution < 1.29 is 9.53 Å². The van der Waals surface area contributed by atoms with Gasteiger partial charge in [0.1, 0.15) is 18.7 Å². The van der Waals surface area contributed by atoms with E-state index in [4.69, 9.17) is 4.74 Å². The Morgan fingerprint density at radius 3 is 3.00 bits per heavy atom. The van der Waals surface area contributed by atoms with Gasteiger partial charge in [0, 0.05) is 7.05 Å². The van der Waals surface area contributed by atoms with Crippen molar-refractivity contribution in [3.05, 3.63) is 17.3 Å². The molecule has 0 aliphatic carbocycles. The van der Waals surface area contributed by atoms with Crippen molar-refractivity contribution >= 4 is 33.3 Å². The first kappa shape index (κ1) is 12.8. The van der Waals surface area contributed by atoms with Gasteiger partial charge in [-0.2, -0.15) is 0 Å². The first-order chi connectivity index (χ1) is 8.63. The summed E-state index contributed by atoms with van der Waals surface area (Å²) in [6.45, 7) is 4.39. The second kappa shape index (κ2) is 5.30. The predicted molar refractivity (Wildman–Crippen MR) is 72.1 cm³/mol. The van der Waals surface area contributed by atoms with E-state index in [0.717, 1.165) is 21.6 Å². The van der Waals surface area contributed by atoms with Gasteiger partial charge in [-0.25, -0.2) is 9.97 Å².